The summed E-state index contributed by atoms with van der Waals surface area (Å²) in [4.78, 5) is 8.18. The molecule has 2 atom stereocenters. The van der Waals surface area contributed by atoms with Crippen molar-refractivity contribution in [1.29, 1.82) is 0 Å². The molecule has 0 radical (unpaired) electrons. The Balaban J connectivity index is 2.08. The van der Waals surface area contributed by atoms with Crippen molar-refractivity contribution in [3.8, 4) is 0 Å². The van der Waals surface area contributed by atoms with Gasteiger partial charge >= 0.3 is 0 Å². The van der Waals surface area contributed by atoms with Crippen molar-refractivity contribution >= 4 is 11.3 Å². The smallest absolute Gasteiger partial charge is 0.0794 e. The van der Waals surface area contributed by atoms with E-state index >= 15 is 0 Å². The maximum Gasteiger partial charge on any atom is 0.0794 e. The lowest BCUT2D eigenvalue weighted by Gasteiger charge is -2.47. The van der Waals surface area contributed by atoms with Crippen LogP contribution in [0.2, 0.25) is 0 Å². The second kappa shape index (κ2) is 5.46. The van der Waals surface area contributed by atoms with E-state index in [0.29, 0.717) is 6.04 Å². The summed E-state index contributed by atoms with van der Waals surface area (Å²) in [5.74, 6) is 0. The highest BCUT2D eigenvalue weighted by Gasteiger charge is 2.35. The molecule has 17 heavy (non-hydrogen) atoms. The van der Waals surface area contributed by atoms with Crippen molar-refractivity contribution in [3.63, 3.8) is 0 Å². The number of nitrogens with one attached hydrogen (secondary N) is 1. The van der Waals surface area contributed by atoms with Gasteiger partial charge in [0.2, 0.25) is 0 Å². The van der Waals surface area contributed by atoms with E-state index in [-0.39, 0.29) is 5.54 Å². The van der Waals surface area contributed by atoms with Crippen LogP contribution in [0.3, 0.4) is 0 Å². The Labute approximate surface area is 108 Å². The molecule has 0 aliphatic carbocycles. The Bertz CT molecular complexity index is 338. The molecule has 1 N–H and O–H groups in total. The Morgan fingerprint density at radius 2 is 2.41 bits per heavy atom. The van der Waals surface area contributed by atoms with Crippen LogP contribution in [0.1, 0.15) is 38.5 Å². The maximum absolute atomic E-state index is 4.18. The van der Waals surface area contributed by atoms with Crippen LogP contribution < -0.4 is 5.32 Å². The monoisotopic (exact) mass is 253 g/mol. The normalized spacial score (nSPS) is 30.6. The van der Waals surface area contributed by atoms with Gasteiger partial charge in [-0.15, -0.1) is 11.3 Å². The summed E-state index contributed by atoms with van der Waals surface area (Å²) in [5.41, 5.74) is 2.22. The predicted octanol–water partition coefficient (Wildman–Crippen LogP) is 2.50. The molecular formula is C13H23N3S. The van der Waals surface area contributed by atoms with Gasteiger partial charge in [-0.3, -0.25) is 9.88 Å². The minimum Gasteiger partial charge on any atom is -0.311 e. The molecule has 1 aromatic heterocycles. The molecule has 1 aromatic rings. The fourth-order valence-electron chi connectivity index (χ4n) is 2.41. The molecule has 2 unspecified atom stereocenters. The lowest BCUT2D eigenvalue weighted by atomic mass is 9.91. The molecule has 0 amide bonds. The summed E-state index contributed by atoms with van der Waals surface area (Å²) < 4.78 is 0. The van der Waals surface area contributed by atoms with E-state index < -0.39 is 0 Å². The lowest BCUT2D eigenvalue weighted by Crippen LogP contribution is -2.62. The van der Waals surface area contributed by atoms with Crippen LogP contribution >= 0.6 is 11.3 Å². The van der Waals surface area contributed by atoms with E-state index in [0.717, 1.165) is 19.6 Å². The van der Waals surface area contributed by atoms with E-state index in [2.05, 4.69) is 36.0 Å². The molecule has 1 aliphatic heterocycles. The van der Waals surface area contributed by atoms with Crippen LogP contribution in [0, 0.1) is 0 Å². The Morgan fingerprint density at radius 1 is 1.59 bits per heavy atom. The van der Waals surface area contributed by atoms with Crippen molar-refractivity contribution in [1.82, 2.24) is 15.2 Å². The summed E-state index contributed by atoms with van der Waals surface area (Å²) in [6, 6.07) is 0.641. The van der Waals surface area contributed by atoms with Crippen LogP contribution in [-0.2, 0) is 6.54 Å². The summed E-state index contributed by atoms with van der Waals surface area (Å²) in [5, 5.41) is 3.67. The number of thiazole rings is 1. The molecule has 1 saturated heterocycles. The van der Waals surface area contributed by atoms with Crippen molar-refractivity contribution < 1.29 is 0 Å². The molecular weight excluding hydrogens is 230 g/mol. The number of hydrogen-bond acceptors (Lipinski definition) is 4. The zero-order valence-electron chi connectivity index (χ0n) is 11.1. The zero-order valence-corrected chi connectivity index (χ0v) is 11.9. The second-order valence-corrected chi connectivity index (χ2v) is 6.16. The number of hydrogen-bond donors (Lipinski definition) is 1. The number of rotatable bonds is 4. The van der Waals surface area contributed by atoms with Gasteiger partial charge in [-0.05, 0) is 19.8 Å². The van der Waals surface area contributed by atoms with Crippen LogP contribution in [0.15, 0.2) is 11.7 Å². The number of aromatic nitrogens is 1. The number of piperazine rings is 1. The zero-order chi connectivity index (χ0) is 12.3. The average Bonchev–Trinajstić information content (AvgIpc) is 2.85. The summed E-state index contributed by atoms with van der Waals surface area (Å²) >= 11 is 1.76. The van der Waals surface area contributed by atoms with Gasteiger partial charge in [0.25, 0.3) is 0 Å². The highest BCUT2D eigenvalue weighted by atomic mass is 32.1. The van der Waals surface area contributed by atoms with Gasteiger partial charge in [-0.2, -0.15) is 0 Å². The lowest BCUT2D eigenvalue weighted by molar-refractivity contribution is 0.0417. The maximum atomic E-state index is 4.18. The van der Waals surface area contributed by atoms with Gasteiger partial charge in [-0.1, -0.05) is 13.8 Å². The van der Waals surface area contributed by atoms with Crippen LogP contribution in [-0.4, -0.2) is 34.6 Å². The Hall–Kier alpha value is -0.450. The molecule has 4 heteroatoms. The molecule has 1 fully saturated rings. The van der Waals surface area contributed by atoms with Gasteiger partial charge in [-0.25, -0.2) is 0 Å². The standard InChI is InChI=1S/C13H23N3S/c1-4-11-7-16(8-12-6-14-10-17-12)13(3,5-2)9-15-11/h6,10-11,15H,4-5,7-9H2,1-3H3. The van der Waals surface area contributed by atoms with Gasteiger partial charge in [0.05, 0.1) is 5.51 Å². The Morgan fingerprint density at radius 3 is 3.00 bits per heavy atom. The van der Waals surface area contributed by atoms with Crippen molar-refractivity contribution in [2.75, 3.05) is 13.1 Å². The fourth-order valence-corrected chi connectivity index (χ4v) is 3.02. The van der Waals surface area contributed by atoms with Gasteiger partial charge in [0, 0.05) is 42.3 Å². The largest absolute Gasteiger partial charge is 0.311 e. The molecule has 0 spiro atoms. The van der Waals surface area contributed by atoms with E-state index in [1.54, 1.807) is 11.3 Å². The third kappa shape index (κ3) is 2.87. The average molecular weight is 253 g/mol. The molecule has 0 bridgehead atoms. The van der Waals surface area contributed by atoms with Gasteiger partial charge in [0.15, 0.2) is 0 Å². The molecule has 1 aliphatic rings. The summed E-state index contributed by atoms with van der Waals surface area (Å²) in [6.45, 7) is 10.2. The molecule has 2 heterocycles. The Kier molecular flexibility index (Phi) is 4.17. The third-order valence-corrected chi connectivity index (χ3v) is 4.82. The van der Waals surface area contributed by atoms with E-state index in [4.69, 9.17) is 0 Å². The first-order valence-corrected chi connectivity index (χ1v) is 7.41. The second-order valence-electron chi connectivity index (χ2n) is 5.18. The SMILES string of the molecule is CCC1CN(Cc2cncs2)C(C)(CC)CN1. The van der Waals surface area contributed by atoms with Gasteiger partial charge in [0.1, 0.15) is 0 Å². The molecule has 0 aromatic carbocycles. The van der Waals surface area contributed by atoms with Crippen molar-refractivity contribution in [2.24, 2.45) is 0 Å². The van der Waals surface area contributed by atoms with Gasteiger partial charge < -0.3 is 5.32 Å². The first kappa shape index (κ1) is 13.0. The molecule has 2 rings (SSSR count). The minimum atomic E-state index is 0.287. The van der Waals surface area contributed by atoms with E-state index in [1.807, 2.05) is 11.7 Å². The van der Waals surface area contributed by atoms with E-state index in [9.17, 15) is 0 Å². The number of nitrogens with zero attached hydrogens (tertiary/aromatic N) is 2. The van der Waals surface area contributed by atoms with Crippen molar-refractivity contribution in [3.05, 3.63) is 16.6 Å². The summed E-state index contributed by atoms with van der Waals surface area (Å²) in [6.07, 6.45) is 4.40. The predicted molar refractivity (Wildman–Crippen MR) is 73.3 cm³/mol. The molecule has 96 valence electrons. The van der Waals surface area contributed by atoms with Crippen LogP contribution in [0.4, 0.5) is 0 Å². The molecule has 3 nitrogen and oxygen atoms in total. The quantitative estimate of drug-likeness (QED) is 0.893. The summed E-state index contributed by atoms with van der Waals surface area (Å²) in [7, 11) is 0. The highest BCUT2D eigenvalue weighted by Crippen LogP contribution is 2.26. The minimum absolute atomic E-state index is 0.287. The highest BCUT2D eigenvalue weighted by molar-refractivity contribution is 7.09. The molecule has 0 saturated carbocycles. The first-order chi connectivity index (χ1) is 8.18. The van der Waals surface area contributed by atoms with Crippen molar-refractivity contribution in [2.45, 2.75) is 51.7 Å². The third-order valence-electron chi connectivity index (χ3n) is 4.06. The van der Waals surface area contributed by atoms with Crippen LogP contribution in [0.25, 0.3) is 0 Å². The fraction of sp³-hybridized carbons (Fsp3) is 0.769. The first-order valence-electron chi connectivity index (χ1n) is 6.53. The van der Waals surface area contributed by atoms with Crippen LogP contribution in [0.5, 0.6) is 0 Å². The topological polar surface area (TPSA) is 28.2 Å². The van der Waals surface area contributed by atoms with E-state index in [1.165, 1.54) is 17.7 Å².